The second-order valence-electron chi connectivity index (χ2n) is 4.97. The second kappa shape index (κ2) is 13.0. The highest BCUT2D eigenvalue weighted by molar-refractivity contribution is 9.10. The summed E-state index contributed by atoms with van der Waals surface area (Å²) in [7, 11) is 0. The Morgan fingerprint density at radius 1 is 0.625 bits per heavy atom. The van der Waals surface area contributed by atoms with Crippen molar-refractivity contribution in [2.24, 2.45) is 0 Å². The van der Waals surface area contributed by atoms with Crippen LogP contribution in [-0.2, 0) is 27.4 Å². The van der Waals surface area contributed by atoms with E-state index in [-0.39, 0.29) is 0 Å². The van der Waals surface area contributed by atoms with Gasteiger partial charge in [-0.2, -0.15) is 0 Å². The molecular weight excluding hydrogens is 504 g/mol. The van der Waals surface area contributed by atoms with Gasteiger partial charge in [0.1, 0.15) is 0.958 Å². The summed E-state index contributed by atoms with van der Waals surface area (Å²) in [5, 5.41) is 0. The van der Waals surface area contributed by atoms with Crippen LogP contribution in [0.15, 0.2) is 57.5 Å². The van der Waals surface area contributed by atoms with Crippen molar-refractivity contribution < 1.29 is 14.2 Å². The van der Waals surface area contributed by atoms with Crippen LogP contribution in [0.3, 0.4) is 0 Å². The molecule has 0 aromatic heterocycles. The Bertz CT molecular complexity index is 513. The van der Waals surface area contributed by atoms with Crippen molar-refractivity contribution in [2.75, 3.05) is 26.4 Å². The summed E-state index contributed by atoms with van der Waals surface area (Å²) in [5.41, 5.74) is 2.32. The third-order valence-corrected chi connectivity index (χ3v) is 4.17. The fourth-order valence-corrected chi connectivity index (χ4v) is 2.41. The van der Waals surface area contributed by atoms with Crippen molar-refractivity contribution in [1.82, 2.24) is 0 Å². The summed E-state index contributed by atoms with van der Waals surface area (Å²) in [4.78, 5) is 0. The molecule has 0 heterocycles. The van der Waals surface area contributed by atoms with E-state index in [0.717, 1.165) is 20.1 Å². The number of rotatable bonds is 10. The van der Waals surface area contributed by atoms with Crippen LogP contribution >= 0.6 is 48.7 Å². The van der Waals surface area contributed by atoms with Crippen LogP contribution in [0.4, 0.5) is 0 Å². The van der Waals surface area contributed by atoms with Gasteiger partial charge in [0, 0.05) is 8.95 Å². The normalized spacial score (nSPS) is 10.7. The van der Waals surface area contributed by atoms with E-state index in [1.807, 2.05) is 48.5 Å². The van der Waals surface area contributed by atoms with E-state index in [2.05, 4.69) is 48.7 Å². The van der Waals surface area contributed by atoms with Gasteiger partial charge in [0.25, 0.3) is 0 Å². The van der Waals surface area contributed by atoms with E-state index in [0.29, 0.717) is 39.6 Å². The molecule has 24 heavy (non-hydrogen) atoms. The monoisotopic (exact) mass is 523 g/mol. The average Bonchev–Trinajstić information content (AvgIpc) is 2.65. The minimum atomic E-state index is 0.582. The first-order valence-electron chi connectivity index (χ1n) is 7.84. The van der Waals surface area contributed by atoms with Gasteiger partial charge in [-0.3, -0.25) is 0 Å². The summed E-state index contributed by atoms with van der Waals surface area (Å²) in [5.74, 6) is 0. The van der Waals surface area contributed by atoms with Gasteiger partial charge in [-0.05, 0) is 35.4 Å². The molecule has 6 heteroatoms. The molecule has 0 N–H and O–H groups in total. The molecule has 0 unspecified atom stereocenters. The molecule has 0 saturated carbocycles. The van der Waals surface area contributed by atoms with E-state index >= 15 is 0 Å². The third kappa shape index (κ3) is 9.30. The van der Waals surface area contributed by atoms with E-state index in [1.165, 1.54) is 0 Å². The lowest BCUT2D eigenvalue weighted by Crippen LogP contribution is -2.09. The van der Waals surface area contributed by atoms with Crippen LogP contribution < -0.4 is 0 Å². The summed E-state index contributed by atoms with van der Waals surface area (Å²) in [6.45, 7) is 3.55. The fraction of sp³-hybridized carbons (Fsp3) is 0.333. The van der Waals surface area contributed by atoms with Crippen molar-refractivity contribution in [2.45, 2.75) is 13.2 Å². The van der Waals surface area contributed by atoms with Crippen LogP contribution in [0.2, 0.25) is 0 Å². The summed E-state index contributed by atoms with van der Waals surface area (Å²) < 4.78 is 24.3. The number of benzene rings is 2. The lowest BCUT2D eigenvalue weighted by atomic mass is 10.2. The molecule has 0 fully saturated rings. The average molecular weight is 526 g/mol. The van der Waals surface area contributed by atoms with Gasteiger partial charge < -0.3 is 14.2 Å². The van der Waals surface area contributed by atoms with Gasteiger partial charge in [-0.1, -0.05) is 56.1 Å². The third-order valence-electron chi connectivity index (χ3n) is 3.11. The van der Waals surface area contributed by atoms with Gasteiger partial charge in [0.05, 0.1) is 39.6 Å². The Labute approximate surface area is 171 Å². The van der Waals surface area contributed by atoms with Crippen molar-refractivity contribution in [3.8, 4) is 0 Å². The maximum atomic E-state index is 5.56. The minimum Gasteiger partial charge on any atom is -0.377 e. The first-order valence-corrected chi connectivity index (χ1v) is 9.05. The zero-order valence-electron chi connectivity index (χ0n) is 14.2. The number of halogens is 3. The van der Waals surface area contributed by atoms with Gasteiger partial charge in [0.15, 0.2) is 0 Å². The predicted octanol–water partition coefficient (Wildman–Crippen LogP) is 5.54. The maximum absolute atomic E-state index is 5.56. The van der Waals surface area contributed by atoms with Crippen LogP contribution in [0.1, 0.15) is 11.1 Å². The van der Waals surface area contributed by atoms with Crippen LogP contribution in [0, 0.1) is 0 Å². The molecular formula is C18H21Br3O3. The zero-order chi connectivity index (χ0) is 18.3. The Hall–Kier alpha value is -0.240. The van der Waals surface area contributed by atoms with Crippen molar-refractivity contribution >= 4 is 48.7 Å². The van der Waals surface area contributed by atoms with Gasteiger partial charge >= 0.3 is 0 Å². The summed E-state index contributed by atoms with van der Waals surface area (Å²) in [6.07, 6.45) is 0. The van der Waals surface area contributed by atoms with E-state index in [9.17, 15) is 0 Å². The van der Waals surface area contributed by atoms with Crippen molar-refractivity contribution in [3.05, 3.63) is 68.6 Å². The molecule has 3 nitrogen and oxygen atoms in total. The quantitative estimate of drug-likeness (QED) is 0.381. The highest BCUT2D eigenvalue weighted by atomic mass is 79.9. The smallest absolute Gasteiger partial charge is 0.114 e. The Morgan fingerprint density at radius 2 is 0.958 bits per heavy atom. The standard InChI is InChI=1S/C18H20Br2O3.BrH/c19-17-5-1-15(2-6-17)13-22-11-9-21-10-12-23-14-16-3-7-18(20)8-4-16;/h1-8H,9-14H2;1H/i/hD. The first-order chi connectivity index (χ1) is 12.2. The molecule has 0 bridgehead atoms. The molecule has 0 aliphatic carbocycles. The Balaban J connectivity index is 0.00000151. The minimum absolute atomic E-state index is 0.582. The molecule has 0 saturated heterocycles. The van der Waals surface area contributed by atoms with Gasteiger partial charge in [-0.15, -0.1) is 16.8 Å². The second-order valence-corrected chi connectivity index (χ2v) is 6.80. The SMILES string of the molecule is Brc1ccc(COCCOCCOCc2ccc(Br)cc2)cc1.[2H]Br. The fourth-order valence-electron chi connectivity index (χ4n) is 1.88. The van der Waals surface area contributed by atoms with Gasteiger partial charge in [0.2, 0.25) is 0 Å². The predicted molar refractivity (Wildman–Crippen MR) is 109 cm³/mol. The maximum Gasteiger partial charge on any atom is 0.114 e. The molecule has 0 radical (unpaired) electrons. The van der Waals surface area contributed by atoms with Crippen LogP contribution in [0.5, 0.6) is 0 Å². The highest BCUT2D eigenvalue weighted by Gasteiger charge is 1.96. The lowest BCUT2D eigenvalue weighted by Gasteiger charge is -2.07. The van der Waals surface area contributed by atoms with Crippen LogP contribution in [0.25, 0.3) is 0 Å². The summed E-state index contributed by atoms with van der Waals surface area (Å²) >= 11 is 9.01. The van der Waals surface area contributed by atoms with Crippen molar-refractivity contribution in [1.29, 1.82) is 0.958 Å². The molecule has 0 aliphatic heterocycles. The van der Waals surface area contributed by atoms with Gasteiger partial charge in [-0.25, -0.2) is 0 Å². The number of ether oxygens (including phenoxy) is 3. The van der Waals surface area contributed by atoms with E-state index in [1.54, 1.807) is 0 Å². The molecule has 2 rings (SSSR count). The van der Waals surface area contributed by atoms with Crippen molar-refractivity contribution in [3.63, 3.8) is 0 Å². The topological polar surface area (TPSA) is 27.7 Å². The first kappa shape index (κ1) is 20.1. The molecule has 2 aromatic carbocycles. The molecule has 0 spiro atoms. The van der Waals surface area contributed by atoms with E-state index < -0.39 is 0 Å². The highest BCUT2D eigenvalue weighted by Crippen LogP contribution is 2.11. The molecule has 0 atom stereocenters. The largest absolute Gasteiger partial charge is 0.377 e. The number of hydrogen-bond acceptors (Lipinski definition) is 3. The van der Waals surface area contributed by atoms with Crippen LogP contribution in [-0.4, -0.2) is 27.4 Å². The Morgan fingerprint density at radius 3 is 1.33 bits per heavy atom. The summed E-state index contributed by atoms with van der Waals surface area (Å²) in [6, 6.07) is 16.2. The Kier molecular flexibility index (Phi) is 10.9. The zero-order valence-corrected chi connectivity index (χ0v) is 18.0. The molecule has 2 aromatic rings. The lowest BCUT2D eigenvalue weighted by molar-refractivity contribution is 0.00704. The molecule has 0 amide bonds. The molecule has 0 aliphatic rings. The number of hydrogen-bond donors (Lipinski definition) is 0. The molecule has 132 valence electrons. The van der Waals surface area contributed by atoms with E-state index in [4.69, 9.17) is 15.2 Å².